The predicted molar refractivity (Wildman–Crippen MR) is 131 cm³/mol. The van der Waals surface area contributed by atoms with Crippen LogP contribution in [0.3, 0.4) is 0 Å². The first-order valence-electron chi connectivity index (χ1n) is 11.3. The molecule has 0 bridgehead atoms. The van der Waals surface area contributed by atoms with Crippen LogP contribution in [0.4, 0.5) is 10.5 Å². The molecule has 0 aromatic heterocycles. The summed E-state index contributed by atoms with van der Waals surface area (Å²) < 4.78 is 0. The number of carbonyl (C=O) groups is 4. The Kier molecular flexibility index (Phi) is 5.86. The van der Waals surface area contributed by atoms with Crippen LogP contribution in [-0.2, 0) is 21.5 Å². The minimum atomic E-state index is -1.15. The van der Waals surface area contributed by atoms with Crippen molar-refractivity contribution >= 4 is 40.9 Å². The van der Waals surface area contributed by atoms with E-state index in [1.165, 1.54) is 12.1 Å². The molecule has 1 saturated heterocycles. The van der Waals surface area contributed by atoms with Gasteiger partial charge in [0.2, 0.25) is 5.91 Å². The molecule has 3 aromatic carbocycles. The Labute approximate surface area is 207 Å². The summed E-state index contributed by atoms with van der Waals surface area (Å²) in [6.07, 6.45) is 2.05. The van der Waals surface area contributed by atoms with Crippen molar-refractivity contribution in [3.05, 3.63) is 100 Å². The highest BCUT2D eigenvalue weighted by Gasteiger charge is 2.54. The predicted octanol–water partition coefficient (Wildman–Crippen LogP) is 4.29. The molecule has 0 unspecified atom stereocenters. The minimum absolute atomic E-state index is 0.215. The molecule has 4 amide bonds. The van der Waals surface area contributed by atoms with Crippen molar-refractivity contribution in [2.45, 2.75) is 24.8 Å². The van der Waals surface area contributed by atoms with Crippen molar-refractivity contribution < 1.29 is 19.2 Å². The van der Waals surface area contributed by atoms with Gasteiger partial charge in [-0.15, -0.1) is 0 Å². The van der Waals surface area contributed by atoms with Gasteiger partial charge >= 0.3 is 6.03 Å². The van der Waals surface area contributed by atoms with Crippen molar-refractivity contribution in [1.29, 1.82) is 0 Å². The van der Waals surface area contributed by atoms with E-state index in [4.69, 9.17) is 11.6 Å². The summed E-state index contributed by atoms with van der Waals surface area (Å²) >= 11 is 6.11. The quantitative estimate of drug-likeness (QED) is 0.414. The Hall–Kier alpha value is -3.97. The molecule has 3 aromatic rings. The van der Waals surface area contributed by atoms with E-state index in [1.54, 1.807) is 36.4 Å². The van der Waals surface area contributed by atoms with E-state index in [0.717, 1.165) is 28.9 Å². The molecule has 0 radical (unpaired) electrons. The molecule has 1 aliphatic carbocycles. The number of nitrogens with zero attached hydrogens (tertiary/aromatic N) is 1. The van der Waals surface area contributed by atoms with Gasteiger partial charge in [0, 0.05) is 16.1 Å². The molecule has 0 saturated carbocycles. The fourth-order valence-corrected chi connectivity index (χ4v) is 5.02. The van der Waals surface area contributed by atoms with E-state index in [9.17, 15) is 19.2 Å². The zero-order chi connectivity index (χ0) is 24.6. The Morgan fingerprint density at radius 2 is 1.74 bits per heavy atom. The number of ketones is 1. The Morgan fingerprint density at radius 1 is 1.00 bits per heavy atom. The smallest absolute Gasteiger partial charge is 0.324 e. The van der Waals surface area contributed by atoms with Gasteiger partial charge in [0.05, 0.1) is 5.69 Å². The minimum Gasteiger partial charge on any atom is -0.324 e. The number of nitrogens with one attached hydrogen (secondary N) is 2. The average Bonchev–Trinajstić information content (AvgIpc) is 3.10. The highest BCUT2D eigenvalue weighted by atomic mass is 35.5. The van der Waals surface area contributed by atoms with Gasteiger partial charge < -0.3 is 10.6 Å². The summed E-state index contributed by atoms with van der Waals surface area (Å²) in [7, 11) is 0. The molecule has 35 heavy (non-hydrogen) atoms. The molecule has 7 nitrogen and oxygen atoms in total. The van der Waals surface area contributed by atoms with E-state index >= 15 is 0 Å². The van der Waals surface area contributed by atoms with Crippen LogP contribution in [0.15, 0.2) is 72.8 Å². The summed E-state index contributed by atoms with van der Waals surface area (Å²) in [5.41, 5.74) is 1.55. The molecular weight excluding hydrogens is 466 g/mol. The van der Waals surface area contributed by atoms with Crippen LogP contribution in [0, 0.1) is 0 Å². The number of urea groups is 1. The van der Waals surface area contributed by atoms with Gasteiger partial charge in [0.1, 0.15) is 12.1 Å². The highest BCUT2D eigenvalue weighted by Crippen LogP contribution is 2.39. The lowest BCUT2D eigenvalue weighted by Crippen LogP contribution is -2.47. The van der Waals surface area contributed by atoms with E-state index < -0.39 is 29.9 Å². The summed E-state index contributed by atoms with van der Waals surface area (Å²) in [4.78, 5) is 53.2. The topological polar surface area (TPSA) is 95.6 Å². The SMILES string of the molecule is O=C(CN1C(=O)N[C@]2(CCCc3ccccc32)C1=O)Nc1ccc(Cl)cc1C(=O)c1ccccc1. The van der Waals surface area contributed by atoms with Crippen LogP contribution in [-0.4, -0.2) is 35.1 Å². The van der Waals surface area contributed by atoms with Crippen LogP contribution in [0.5, 0.6) is 0 Å². The average molecular weight is 488 g/mol. The first-order valence-corrected chi connectivity index (χ1v) is 11.7. The molecule has 1 heterocycles. The maximum absolute atomic E-state index is 13.4. The number of amides is 4. The number of imide groups is 1. The number of fused-ring (bicyclic) bond motifs is 2. The van der Waals surface area contributed by atoms with Crippen LogP contribution >= 0.6 is 11.6 Å². The standard InChI is InChI=1S/C27H22ClN3O4/c28-19-12-13-22(20(15-19)24(33)18-8-2-1-3-9-18)29-23(32)16-31-25(34)27(30-26(31)35)14-6-10-17-7-4-5-11-21(17)27/h1-5,7-9,11-13,15H,6,10,14,16H2,(H,29,32)(H,30,35)/t27-/m0/s1. The molecule has 5 rings (SSSR count). The summed E-state index contributed by atoms with van der Waals surface area (Å²) in [5.74, 6) is -1.35. The van der Waals surface area contributed by atoms with Gasteiger partial charge in [-0.05, 0) is 48.6 Å². The number of halogens is 1. The first-order chi connectivity index (χ1) is 16.9. The maximum atomic E-state index is 13.4. The second kappa shape index (κ2) is 9.00. The second-order valence-corrected chi connectivity index (χ2v) is 9.11. The number of carbonyl (C=O) groups excluding carboxylic acids is 4. The van der Waals surface area contributed by atoms with Crippen molar-refractivity contribution in [3.8, 4) is 0 Å². The zero-order valence-electron chi connectivity index (χ0n) is 18.7. The fraction of sp³-hybridized carbons (Fsp3) is 0.185. The first kappa shape index (κ1) is 22.8. The zero-order valence-corrected chi connectivity index (χ0v) is 19.5. The molecule has 2 aliphatic rings. The fourth-order valence-electron chi connectivity index (χ4n) is 4.85. The number of anilines is 1. The lowest BCUT2D eigenvalue weighted by Gasteiger charge is -2.33. The number of rotatable bonds is 5. The third kappa shape index (κ3) is 4.08. The van der Waals surface area contributed by atoms with Gasteiger partial charge in [-0.2, -0.15) is 0 Å². The third-order valence-electron chi connectivity index (χ3n) is 6.49. The van der Waals surface area contributed by atoms with Crippen LogP contribution in [0.2, 0.25) is 5.02 Å². The molecule has 1 atom stereocenters. The van der Waals surface area contributed by atoms with E-state index in [2.05, 4.69) is 10.6 Å². The number of hydrogen-bond acceptors (Lipinski definition) is 4. The van der Waals surface area contributed by atoms with Crippen molar-refractivity contribution in [3.63, 3.8) is 0 Å². The Balaban J connectivity index is 1.37. The van der Waals surface area contributed by atoms with Gasteiger partial charge in [-0.25, -0.2) is 4.79 Å². The van der Waals surface area contributed by atoms with Crippen LogP contribution < -0.4 is 10.6 Å². The van der Waals surface area contributed by atoms with Gasteiger partial charge in [-0.1, -0.05) is 66.2 Å². The van der Waals surface area contributed by atoms with Gasteiger partial charge in [0.15, 0.2) is 5.78 Å². The highest BCUT2D eigenvalue weighted by molar-refractivity contribution is 6.31. The summed E-state index contributed by atoms with van der Waals surface area (Å²) in [5, 5.41) is 5.86. The van der Waals surface area contributed by atoms with Crippen LogP contribution in [0.1, 0.15) is 39.9 Å². The summed E-state index contributed by atoms with van der Waals surface area (Å²) in [6, 6.07) is 20.1. The molecular formula is C27H22ClN3O4. The molecule has 176 valence electrons. The Bertz CT molecular complexity index is 1360. The van der Waals surface area contributed by atoms with Gasteiger partial charge in [-0.3, -0.25) is 19.3 Å². The molecule has 8 heteroatoms. The molecule has 2 N–H and O–H groups in total. The lowest BCUT2D eigenvalue weighted by molar-refractivity contribution is -0.134. The number of hydrogen-bond donors (Lipinski definition) is 2. The molecule has 1 aliphatic heterocycles. The van der Waals surface area contributed by atoms with E-state index in [-0.39, 0.29) is 17.0 Å². The van der Waals surface area contributed by atoms with Gasteiger partial charge in [0.25, 0.3) is 5.91 Å². The molecule has 1 fully saturated rings. The van der Waals surface area contributed by atoms with Crippen molar-refractivity contribution in [2.24, 2.45) is 0 Å². The second-order valence-electron chi connectivity index (χ2n) is 8.67. The normalized spacial score (nSPS) is 18.8. The number of benzene rings is 3. The van der Waals surface area contributed by atoms with Crippen LogP contribution in [0.25, 0.3) is 0 Å². The number of aryl methyl sites for hydroxylation is 1. The molecule has 1 spiro atoms. The van der Waals surface area contributed by atoms with E-state index in [1.807, 2.05) is 24.3 Å². The lowest BCUT2D eigenvalue weighted by atomic mass is 9.76. The maximum Gasteiger partial charge on any atom is 0.325 e. The van der Waals surface area contributed by atoms with E-state index in [0.29, 0.717) is 17.0 Å². The third-order valence-corrected chi connectivity index (χ3v) is 6.72. The van der Waals surface area contributed by atoms with Crippen molar-refractivity contribution in [1.82, 2.24) is 10.2 Å². The monoisotopic (exact) mass is 487 g/mol. The Morgan fingerprint density at radius 3 is 2.54 bits per heavy atom. The van der Waals surface area contributed by atoms with Crippen molar-refractivity contribution in [2.75, 3.05) is 11.9 Å². The summed E-state index contributed by atoms with van der Waals surface area (Å²) in [6.45, 7) is -0.476. The largest absolute Gasteiger partial charge is 0.325 e.